The minimum absolute atomic E-state index is 0.331. The fourth-order valence-corrected chi connectivity index (χ4v) is 0.963. The first-order valence-corrected chi connectivity index (χ1v) is 4.53. The minimum Gasteiger partial charge on any atom is -0.369 e. The van der Waals surface area contributed by atoms with E-state index in [2.05, 4.69) is 15.3 Å². The molecule has 0 aliphatic heterocycles. The molecule has 0 saturated carbocycles. The number of aromatic nitrogens is 2. The number of nitrogens with one attached hydrogen (secondary N) is 1. The summed E-state index contributed by atoms with van der Waals surface area (Å²) in [5.41, 5.74) is 5.69. The van der Waals surface area contributed by atoms with Gasteiger partial charge in [-0.3, -0.25) is 0 Å². The van der Waals surface area contributed by atoms with E-state index in [1.54, 1.807) is 6.20 Å². The lowest BCUT2D eigenvalue weighted by molar-refractivity contribution is 0.772. The van der Waals surface area contributed by atoms with Gasteiger partial charge in [-0.25, -0.2) is 9.97 Å². The molecule has 1 aromatic rings. The third kappa shape index (κ3) is 3.37. The van der Waals surface area contributed by atoms with Crippen molar-refractivity contribution in [3.05, 3.63) is 18.1 Å². The van der Waals surface area contributed by atoms with Gasteiger partial charge in [-0.15, -0.1) is 0 Å². The standard InChI is InChI=1S/C9H13N5/c10-3-1-2-4-12-9-7-13-8(5-11)6-14-9/h6-7H,1-4,10H2,(H,12,14). The molecular weight excluding hydrogens is 178 g/mol. The Labute approximate surface area is 83.0 Å². The fourth-order valence-electron chi connectivity index (χ4n) is 0.963. The number of hydrogen-bond acceptors (Lipinski definition) is 5. The highest BCUT2D eigenvalue weighted by Gasteiger charge is 1.94. The molecule has 5 nitrogen and oxygen atoms in total. The van der Waals surface area contributed by atoms with Crippen molar-refractivity contribution in [2.24, 2.45) is 5.73 Å². The molecule has 0 aliphatic carbocycles. The van der Waals surface area contributed by atoms with Crippen LogP contribution in [0, 0.1) is 11.3 Å². The Kier molecular flexibility index (Phi) is 4.38. The maximum absolute atomic E-state index is 8.49. The molecule has 5 heteroatoms. The van der Waals surface area contributed by atoms with E-state index in [9.17, 15) is 0 Å². The molecule has 1 aromatic heterocycles. The van der Waals surface area contributed by atoms with Gasteiger partial charge in [0.25, 0.3) is 0 Å². The number of rotatable bonds is 5. The second kappa shape index (κ2) is 5.89. The van der Waals surface area contributed by atoms with Crippen molar-refractivity contribution in [3.8, 4) is 6.07 Å². The zero-order valence-electron chi connectivity index (χ0n) is 7.90. The number of unbranched alkanes of at least 4 members (excludes halogenated alkanes) is 1. The molecule has 1 rings (SSSR count). The summed E-state index contributed by atoms with van der Waals surface area (Å²) in [4.78, 5) is 7.91. The van der Waals surface area contributed by atoms with Crippen molar-refractivity contribution in [1.29, 1.82) is 5.26 Å². The molecule has 14 heavy (non-hydrogen) atoms. The Morgan fingerprint density at radius 2 is 2.21 bits per heavy atom. The van der Waals surface area contributed by atoms with Gasteiger partial charge in [-0.1, -0.05) is 0 Å². The third-order valence-corrected chi connectivity index (χ3v) is 1.70. The zero-order valence-corrected chi connectivity index (χ0v) is 7.90. The number of nitrogens with zero attached hydrogens (tertiary/aromatic N) is 3. The molecule has 0 bridgehead atoms. The first kappa shape index (κ1) is 10.4. The van der Waals surface area contributed by atoms with Crippen LogP contribution < -0.4 is 11.1 Å². The van der Waals surface area contributed by atoms with Gasteiger partial charge in [0.15, 0.2) is 5.69 Å². The molecule has 74 valence electrons. The van der Waals surface area contributed by atoms with Crippen molar-refractivity contribution in [2.75, 3.05) is 18.4 Å². The highest BCUT2D eigenvalue weighted by molar-refractivity contribution is 5.32. The van der Waals surface area contributed by atoms with Gasteiger partial charge >= 0.3 is 0 Å². The van der Waals surface area contributed by atoms with E-state index in [1.807, 2.05) is 6.07 Å². The Morgan fingerprint density at radius 3 is 2.79 bits per heavy atom. The van der Waals surface area contributed by atoms with Crippen molar-refractivity contribution in [2.45, 2.75) is 12.8 Å². The van der Waals surface area contributed by atoms with Gasteiger partial charge in [0.1, 0.15) is 11.9 Å². The van der Waals surface area contributed by atoms with E-state index in [0.29, 0.717) is 18.1 Å². The van der Waals surface area contributed by atoms with Gasteiger partial charge in [-0.2, -0.15) is 5.26 Å². The van der Waals surface area contributed by atoms with Gasteiger partial charge in [0, 0.05) is 6.54 Å². The van der Waals surface area contributed by atoms with Gasteiger partial charge in [0.2, 0.25) is 0 Å². The second-order valence-corrected chi connectivity index (χ2v) is 2.82. The normalized spacial score (nSPS) is 9.43. The first-order valence-electron chi connectivity index (χ1n) is 4.53. The van der Waals surface area contributed by atoms with Crippen molar-refractivity contribution >= 4 is 5.82 Å². The third-order valence-electron chi connectivity index (χ3n) is 1.70. The van der Waals surface area contributed by atoms with E-state index in [4.69, 9.17) is 11.0 Å². The summed E-state index contributed by atoms with van der Waals surface area (Å²) < 4.78 is 0. The van der Waals surface area contributed by atoms with E-state index in [1.165, 1.54) is 6.20 Å². The molecule has 3 N–H and O–H groups in total. The van der Waals surface area contributed by atoms with Crippen LogP contribution in [0.2, 0.25) is 0 Å². The van der Waals surface area contributed by atoms with E-state index in [0.717, 1.165) is 19.4 Å². The van der Waals surface area contributed by atoms with Crippen LogP contribution in [0.25, 0.3) is 0 Å². The molecule has 0 fully saturated rings. The predicted molar refractivity (Wildman–Crippen MR) is 53.5 cm³/mol. The Bertz CT molecular complexity index is 300. The molecule has 0 aromatic carbocycles. The Morgan fingerprint density at radius 1 is 1.36 bits per heavy atom. The molecule has 1 heterocycles. The highest BCUT2D eigenvalue weighted by Crippen LogP contribution is 2.00. The Balaban J connectivity index is 2.33. The lowest BCUT2D eigenvalue weighted by atomic mass is 10.3. The average Bonchev–Trinajstić information content (AvgIpc) is 2.25. The average molecular weight is 191 g/mol. The quantitative estimate of drug-likeness (QED) is 0.662. The van der Waals surface area contributed by atoms with Crippen molar-refractivity contribution in [3.63, 3.8) is 0 Å². The molecular formula is C9H13N5. The summed E-state index contributed by atoms with van der Waals surface area (Å²) in [6, 6.07) is 1.91. The van der Waals surface area contributed by atoms with Crippen LogP contribution in [-0.4, -0.2) is 23.1 Å². The maximum atomic E-state index is 8.49. The number of anilines is 1. The SMILES string of the molecule is N#Cc1cnc(NCCCCN)cn1. The predicted octanol–water partition coefficient (Wildman–Crippen LogP) is 0.499. The maximum Gasteiger partial charge on any atom is 0.158 e. The number of hydrogen-bond donors (Lipinski definition) is 2. The van der Waals surface area contributed by atoms with Gasteiger partial charge < -0.3 is 11.1 Å². The van der Waals surface area contributed by atoms with Crippen LogP contribution in [0.5, 0.6) is 0 Å². The van der Waals surface area contributed by atoms with Gasteiger partial charge in [0.05, 0.1) is 12.4 Å². The van der Waals surface area contributed by atoms with Crippen LogP contribution in [-0.2, 0) is 0 Å². The topological polar surface area (TPSA) is 87.6 Å². The molecule has 0 spiro atoms. The van der Waals surface area contributed by atoms with Crippen molar-refractivity contribution in [1.82, 2.24) is 9.97 Å². The number of nitrogens with two attached hydrogens (primary N) is 1. The minimum atomic E-state index is 0.331. The summed E-state index contributed by atoms with van der Waals surface area (Å²) in [6.45, 7) is 1.54. The molecule has 0 unspecified atom stereocenters. The highest BCUT2D eigenvalue weighted by atomic mass is 15.0. The lowest BCUT2D eigenvalue weighted by Crippen LogP contribution is -2.07. The summed E-state index contributed by atoms with van der Waals surface area (Å²) in [7, 11) is 0. The van der Waals surface area contributed by atoms with Gasteiger partial charge in [-0.05, 0) is 19.4 Å². The molecule has 0 radical (unpaired) electrons. The molecule has 0 aliphatic rings. The van der Waals surface area contributed by atoms with Crippen LogP contribution in [0.15, 0.2) is 12.4 Å². The van der Waals surface area contributed by atoms with E-state index >= 15 is 0 Å². The monoisotopic (exact) mass is 191 g/mol. The molecule has 0 saturated heterocycles. The fraction of sp³-hybridized carbons (Fsp3) is 0.444. The number of nitriles is 1. The largest absolute Gasteiger partial charge is 0.369 e. The van der Waals surface area contributed by atoms with Crippen LogP contribution in [0.3, 0.4) is 0 Å². The molecule has 0 atom stereocenters. The summed E-state index contributed by atoms with van der Waals surface area (Å²) in [5.74, 6) is 0.695. The smallest absolute Gasteiger partial charge is 0.158 e. The lowest BCUT2D eigenvalue weighted by Gasteiger charge is -2.03. The Hall–Kier alpha value is -1.67. The second-order valence-electron chi connectivity index (χ2n) is 2.82. The van der Waals surface area contributed by atoms with E-state index < -0.39 is 0 Å². The van der Waals surface area contributed by atoms with Crippen LogP contribution in [0.4, 0.5) is 5.82 Å². The van der Waals surface area contributed by atoms with Crippen LogP contribution >= 0.6 is 0 Å². The summed E-state index contributed by atoms with van der Waals surface area (Å²) >= 11 is 0. The molecule has 0 amide bonds. The summed E-state index contributed by atoms with van der Waals surface area (Å²) in [6.07, 6.45) is 5.02. The van der Waals surface area contributed by atoms with E-state index in [-0.39, 0.29) is 0 Å². The van der Waals surface area contributed by atoms with Crippen LogP contribution in [0.1, 0.15) is 18.5 Å². The summed E-state index contributed by atoms with van der Waals surface area (Å²) in [5, 5.41) is 11.6. The zero-order chi connectivity index (χ0) is 10.2. The van der Waals surface area contributed by atoms with Crippen molar-refractivity contribution < 1.29 is 0 Å². The first-order chi connectivity index (χ1) is 6.86.